The lowest BCUT2D eigenvalue weighted by Gasteiger charge is -2.23. The van der Waals surface area contributed by atoms with Crippen molar-refractivity contribution in [1.82, 2.24) is 0 Å². The molecule has 0 saturated carbocycles. The van der Waals surface area contributed by atoms with Gasteiger partial charge in [-0.1, -0.05) is 84.9 Å². The molecule has 0 fully saturated rings. The molecule has 0 aliphatic heterocycles. The van der Waals surface area contributed by atoms with Crippen molar-refractivity contribution in [2.45, 2.75) is 0 Å². The van der Waals surface area contributed by atoms with Crippen LogP contribution in [0, 0.1) is 0 Å². The second kappa shape index (κ2) is 8.20. The van der Waals surface area contributed by atoms with Crippen LogP contribution in [0.4, 0.5) is 0 Å². The quantitative estimate of drug-likeness (QED) is 0.158. The number of allylic oxidation sites excluding steroid dienone is 3. The summed E-state index contributed by atoms with van der Waals surface area (Å²) in [7, 11) is -0.870. The fourth-order valence-corrected chi connectivity index (χ4v) is 9.83. The molecule has 0 spiro atoms. The van der Waals surface area contributed by atoms with Gasteiger partial charge in [0, 0.05) is 10.8 Å². The Morgan fingerprint density at radius 2 is 1.31 bits per heavy atom. The summed E-state index contributed by atoms with van der Waals surface area (Å²) < 4.78 is 6.73. The van der Waals surface area contributed by atoms with Crippen molar-refractivity contribution >= 4 is 90.6 Å². The first-order valence-corrected chi connectivity index (χ1v) is 15.6. The Bertz CT molecular complexity index is 2540. The average molecular weight is 549 g/mol. The summed E-state index contributed by atoms with van der Waals surface area (Å²) in [4.78, 5) is 0. The zero-order valence-electron chi connectivity index (χ0n) is 22.5. The largest absolute Gasteiger partial charge is 0.456 e. The van der Waals surface area contributed by atoms with Gasteiger partial charge in [0.25, 0.3) is 0 Å². The van der Waals surface area contributed by atoms with Crippen LogP contribution in [0.2, 0.25) is 0 Å². The summed E-state index contributed by atoms with van der Waals surface area (Å²) in [6.45, 7) is 0. The van der Waals surface area contributed by atoms with Crippen LogP contribution in [0.5, 0.6) is 0 Å². The molecular formula is C40H21OP. The van der Waals surface area contributed by atoms with E-state index in [-0.39, 0.29) is 0 Å². The molecule has 6 aromatic carbocycles. The van der Waals surface area contributed by atoms with E-state index in [1.165, 1.54) is 81.6 Å². The highest BCUT2D eigenvalue weighted by Gasteiger charge is 2.27. The maximum atomic E-state index is 6.73. The lowest BCUT2D eigenvalue weighted by molar-refractivity contribution is 0.669. The van der Waals surface area contributed by atoms with E-state index < -0.39 is 7.92 Å². The monoisotopic (exact) mass is 548 g/mol. The third-order valence-corrected chi connectivity index (χ3v) is 11.5. The van der Waals surface area contributed by atoms with Crippen molar-refractivity contribution in [2.75, 3.05) is 0 Å². The Labute approximate surface area is 243 Å². The molecule has 1 unspecified atom stereocenters. The van der Waals surface area contributed by atoms with E-state index in [4.69, 9.17) is 4.42 Å². The van der Waals surface area contributed by atoms with Gasteiger partial charge in [-0.15, -0.1) is 11.5 Å². The van der Waals surface area contributed by atoms with E-state index >= 15 is 0 Å². The lowest BCUT2D eigenvalue weighted by atomic mass is 9.97. The highest BCUT2D eigenvalue weighted by atomic mass is 31.1. The Balaban J connectivity index is 1.25. The Morgan fingerprint density at radius 1 is 0.524 bits per heavy atom. The number of hydrogen-bond acceptors (Lipinski definition) is 1. The molecule has 0 bridgehead atoms. The minimum atomic E-state index is -0.870. The van der Waals surface area contributed by atoms with Gasteiger partial charge < -0.3 is 4.42 Å². The molecule has 1 atom stereocenters. The highest BCUT2D eigenvalue weighted by Crippen LogP contribution is 2.49. The van der Waals surface area contributed by atoms with Gasteiger partial charge in [0.2, 0.25) is 0 Å². The van der Waals surface area contributed by atoms with Crippen molar-refractivity contribution < 1.29 is 4.42 Å². The average Bonchev–Trinajstić information content (AvgIpc) is 3.82. The smallest absolute Gasteiger partial charge is 0.136 e. The van der Waals surface area contributed by atoms with Crippen molar-refractivity contribution in [2.24, 2.45) is 0 Å². The van der Waals surface area contributed by atoms with Crippen LogP contribution in [0.1, 0.15) is 22.3 Å². The minimum absolute atomic E-state index is 0.870. The van der Waals surface area contributed by atoms with Crippen LogP contribution in [0.3, 0.4) is 0 Å². The van der Waals surface area contributed by atoms with Crippen LogP contribution in [-0.4, -0.2) is 0 Å². The zero-order chi connectivity index (χ0) is 27.4. The maximum absolute atomic E-state index is 6.73. The molecule has 0 saturated heterocycles. The molecule has 2 heteroatoms. The number of furan rings is 1. The molecule has 0 amide bonds. The summed E-state index contributed by atoms with van der Waals surface area (Å²) in [5.41, 5.74) is 16.1. The van der Waals surface area contributed by atoms with E-state index in [1.54, 1.807) is 0 Å². The van der Waals surface area contributed by atoms with E-state index in [0.29, 0.717) is 0 Å². The van der Waals surface area contributed by atoms with Crippen molar-refractivity contribution in [3.63, 3.8) is 0 Å². The van der Waals surface area contributed by atoms with E-state index in [2.05, 4.69) is 139 Å². The molecule has 3 aliphatic rings. The van der Waals surface area contributed by atoms with Crippen LogP contribution in [-0.2, 0) is 0 Å². The number of rotatable bonds is 3. The van der Waals surface area contributed by atoms with Crippen LogP contribution in [0.15, 0.2) is 131 Å². The Kier molecular flexibility index (Phi) is 4.40. The van der Waals surface area contributed by atoms with Gasteiger partial charge in [0.05, 0.1) is 0 Å². The molecule has 42 heavy (non-hydrogen) atoms. The van der Waals surface area contributed by atoms with Crippen molar-refractivity contribution in [3.8, 4) is 0 Å². The third-order valence-electron chi connectivity index (χ3n) is 9.00. The normalized spacial score (nSPS) is 14.8. The first kappa shape index (κ1) is 22.5. The second-order valence-corrected chi connectivity index (χ2v) is 13.3. The molecule has 1 heterocycles. The fraction of sp³-hybridized carbons (Fsp3) is 0. The minimum Gasteiger partial charge on any atom is -0.456 e. The van der Waals surface area contributed by atoms with Crippen molar-refractivity contribution in [3.05, 3.63) is 149 Å². The molecule has 1 nitrogen and oxygen atoms in total. The second-order valence-electron chi connectivity index (χ2n) is 11.2. The topological polar surface area (TPSA) is 13.1 Å². The highest BCUT2D eigenvalue weighted by molar-refractivity contribution is 7.80. The molecule has 3 aliphatic carbocycles. The predicted octanol–water partition coefficient (Wildman–Crippen LogP) is 9.24. The summed E-state index contributed by atoms with van der Waals surface area (Å²) in [6.07, 6.45) is 8.45. The molecule has 7 aromatic rings. The SMILES string of the molecule is C1=CC2=C(C=1)c1cc3oc4cc(P(c5cccc6c5C=C=C6)c5cccc6ccccc56)ccc4c3c3cccc2c13. The van der Waals surface area contributed by atoms with Crippen LogP contribution in [0.25, 0.3) is 66.8 Å². The maximum Gasteiger partial charge on any atom is 0.136 e. The first-order chi connectivity index (χ1) is 20.8. The van der Waals surface area contributed by atoms with Gasteiger partial charge in [0.1, 0.15) is 11.2 Å². The molecule has 1 aromatic heterocycles. The predicted molar refractivity (Wildman–Crippen MR) is 179 cm³/mol. The summed E-state index contributed by atoms with van der Waals surface area (Å²) in [5, 5.41) is 11.5. The Morgan fingerprint density at radius 3 is 2.29 bits per heavy atom. The van der Waals surface area contributed by atoms with E-state index in [9.17, 15) is 0 Å². The van der Waals surface area contributed by atoms with Gasteiger partial charge in [-0.2, -0.15) is 0 Å². The van der Waals surface area contributed by atoms with E-state index in [1.807, 2.05) is 0 Å². The summed E-state index contributed by atoms with van der Waals surface area (Å²) >= 11 is 0. The zero-order valence-corrected chi connectivity index (χ0v) is 23.4. The molecule has 10 rings (SSSR count). The van der Waals surface area contributed by atoms with Gasteiger partial charge in [-0.3, -0.25) is 0 Å². The third kappa shape index (κ3) is 2.92. The van der Waals surface area contributed by atoms with Crippen LogP contribution < -0.4 is 15.9 Å². The first-order valence-electron chi connectivity index (χ1n) is 14.3. The number of fused-ring (bicyclic) bond motifs is 8. The van der Waals surface area contributed by atoms with Crippen LogP contribution >= 0.6 is 7.92 Å². The van der Waals surface area contributed by atoms with Gasteiger partial charge in [-0.05, 0) is 121 Å². The summed E-state index contributed by atoms with van der Waals surface area (Å²) in [6, 6.07) is 38.0. The molecular weight excluding hydrogens is 527 g/mol. The van der Waals surface area contributed by atoms with Gasteiger partial charge >= 0.3 is 0 Å². The number of hydrogen-bond donors (Lipinski definition) is 0. The Hall–Kier alpha value is -5.15. The number of benzene rings is 6. The van der Waals surface area contributed by atoms with Crippen molar-refractivity contribution in [1.29, 1.82) is 0 Å². The molecule has 0 radical (unpaired) electrons. The standard InChI is InChI=1S/C40H21OP/c1-2-12-27-24(8-1)10-4-18-37(27)42(38-19-5-11-25-9-3-13-28(25)38)26-20-21-32-35(22-26)41-36-23-34-30-15-6-14-29(30)31-16-7-17-33(39(31)34)40(32)36/h1-2,4-5,7-23H. The van der Waals surface area contributed by atoms with Gasteiger partial charge in [0.15, 0.2) is 0 Å². The summed E-state index contributed by atoms with van der Waals surface area (Å²) in [5.74, 6) is 0. The molecule has 192 valence electrons. The molecule has 0 N–H and O–H groups in total. The van der Waals surface area contributed by atoms with Gasteiger partial charge in [-0.25, -0.2) is 0 Å². The van der Waals surface area contributed by atoms with E-state index in [0.717, 1.165) is 11.2 Å². The fourth-order valence-electron chi connectivity index (χ4n) is 7.20. The lowest BCUT2D eigenvalue weighted by Crippen LogP contribution is -2.23.